The molecular weight excluding hydrogens is 196 g/mol. The Morgan fingerprint density at radius 2 is 2.13 bits per heavy atom. The quantitative estimate of drug-likeness (QED) is 0.745. The molecule has 4 unspecified atom stereocenters. The van der Waals surface area contributed by atoms with Gasteiger partial charge in [-0.15, -0.1) is 0 Å². The zero-order chi connectivity index (χ0) is 11.1. The van der Waals surface area contributed by atoms with E-state index in [9.17, 15) is 5.11 Å². The molecule has 88 valence electrons. The minimum absolute atomic E-state index is 0.0970. The molecule has 2 rings (SSSR count). The Hall–Kier alpha value is -0.160. The van der Waals surface area contributed by atoms with E-state index in [1.165, 1.54) is 0 Å². The van der Waals surface area contributed by atoms with Gasteiger partial charge in [0.25, 0.3) is 0 Å². The first-order chi connectivity index (χ1) is 7.00. The van der Waals surface area contributed by atoms with Gasteiger partial charge in [-0.1, -0.05) is 13.8 Å². The first kappa shape index (κ1) is 11.3. The Kier molecular flexibility index (Phi) is 3.03. The van der Waals surface area contributed by atoms with Crippen molar-refractivity contribution in [3.05, 3.63) is 0 Å². The zero-order valence-corrected chi connectivity index (χ0v) is 9.60. The third-order valence-corrected chi connectivity index (χ3v) is 2.94. The summed E-state index contributed by atoms with van der Waals surface area (Å²) in [6.45, 7) is 7.08. The summed E-state index contributed by atoms with van der Waals surface area (Å²) >= 11 is 0. The summed E-state index contributed by atoms with van der Waals surface area (Å²) in [5, 5.41) is 9.69. The van der Waals surface area contributed by atoms with E-state index in [2.05, 4.69) is 13.8 Å². The minimum atomic E-state index is -0.565. The molecule has 2 saturated heterocycles. The summed E-state index contributed by atoms with van der Waals surface area (Å²) in [5.74, 6) is -0.0599. The van der Waals surface area contributed by atoms with Gasteiger partial charge in [-0.2, -0.15) is 0 Å². The van der Waals surface area contributed by atoms with E-state index in [1.807, 2.05) is 6.92 Å². The van der Waals surface area contributed by atoms with Crippen LogP contribution in [0, 0.1) is 5.92 Å². The number of fused-ring (bicyclic) bond motifs is 1. The predicted octanol–water partition coefficient (Wildman–Crippen LogP) is 0.924. The molecule has 2 fully saturated rings. The Balaban J connectivity index is 2.00. The second-order valence-corrected chi connectivity index (χ2v) is 5.06. The molecule has 2 aliphatic rings. The van der Waals surface area contributed by atoms with Gasteiger partial charge in [0.1, 0.15) is 18.3 Å². The number of rotatable bonds is 2. The number of aliphatic hydroxyl groups excluding tert-OH is 1. The molecule has 0 spiro atoms. The zero-order valence-electron chi connectivity index (χ0n) is 9.60. The van der Waals surface area contributed by atoms with Gasteiger partial charge < -0.3 is 19.3 Å². The highest BCUT2D eigenvalue weighted by molar-refractivity contribution is 4.90. The van der Waals surface area contributed by atoms with Crippen molar-refractivity contribution in [1.82, 2.24) is 0 Å². The van der Waals surface area contributed by atoms with Gasteiger partial charge in [0, 0.05) is 6.42 Å². The van der Waals surface area contributed by atoms with Crippen LogP contribution in [0.4, 0.5) is 0 Å². The van der Waals surface area contributed by atoms with E-state index in [-0.39, 0.29) is 12.2 Å². The van der Waals surface area contributed by atoms with Gasteiger partial charge in [0.15, 0.2) is 5.79 Å². The van der Waals surface area contributed by atoms with Gasteiger partial charge >= 0.3 is 0 Å². The van der Waals surface area contributed by atoms with Crippen LogP contribution in [0.3, 0.4) is 0 Å². The van der Waals surface area contributed by atoms with E-state index in [4.69, 9.17) is 14.2 Å². The highest BCUT2D eigenvalue weighted by Crippen LogP contribution is 2.34. The molecule has 0 aliphatic carbocycles. The lowest BCUT2D eigenvalue weighted by Crippen LogP contribution is -2.51. The number of hydrogen-bond acceptors (Lipinski definition) is 4. The van der Waals surface area contributed by atoms with E-state index >= 15 is 0 Å². The predicted molar refractivity (Wildman–Crippen MR) is 54.4 cm³/mol. The molecule has 1 N–H and O–H groups in total. The van der Waals surface area contributed by atoms with E-state index in [0.29, 0.717) is 19.1 Å². The minimum Gasteiger partial charge on any atom is -0.388 e. The molecule has 0 aromatic carbocycles. The van der Waals surface area contributed by atoms with E-state index < -0.39 is 11.9 Å². The molecule has 2 heterocycles. The third-order valence-electron chi connectivity index (χ3n) is 2.94. The van der Waals surface area contributed by atoms with Crippen molar-refractivity contribution in [3.63, 3.8) is 0 Å². The summed E-state index contributed by atoms with van der Waals surface area (Å²) in [7, 11) is 0. The lowest BCUT2D eigenvalue weighted by molar-refractivity contribution is -0.314. The standard InChI is InChI=1S/C11H20O4/c1-7(2)4-11(3)14-6-9-10(15-11)8(12)5-13-9/h7-10,12H,4-6H2,1-3H3. The second kappa shape index (κ2) is 4.01. The van der Waals surface area contributed by atoms with Crippen molar-refractivity contribution in [1.29, 1.82) is 0 Å². The number of hydrogen-bond donors (Lipinski definition) is 1. The maximum atomic E-state index is 9.69. The number of ether oxygens (including phenoxy) is 3. The molecule has 15 heavy (non-hydrogen) atoms. The van der Waals surface area contributed by atoms with Gasteiger partial charge in [-0.25, -0.2) is 0 Å². The highest BCUT2D eigenvalue weighted by atomic mass is 16.7. The normalized spacial score (nSPS) is 45.8. The van der Waals surface area contributed by atoms with Crippen molar-refractivity contribution in [2.24, 2.45) is 5.92 Å². The molecule has 0 bridgehead atoms. The number of aliphatic hydroxyl groups is 1. The van der Waals surface area contributed by atoms with Crippen LogP contribution in [0.2, 0.25) is 0 Å². The summed E-state index contributed by atoms with van der Waals surface area (Å²) < 4.78 is 16.9. The molecule has 0 aromatic rings. The fraction of sp³-hybridized carbons (Fsp3) is 1.00. The molecular formula is C11H20O4. The lowest BCUT2D eigenvalue weighted by atomic mass is 10.0. The van der Waals surface area contributed by atoms with Crippen LogP contribution in [-0.2, 0) is 14.2 Å². The van der Waals surface area contributed by atoms with Crippen molar-refractivity contribution < 1.29 is 19.3 Å². The van der Waals surface area contributed by atoms with E-state index in [1.54, 1.807) is 0 Å². The van der Waals surface area contributed by atoms with Crippen molar-refractivity contribution in [2.45, 2.75) is 51.3 Å². The monoisotopic (exact) mass is 216 g/mol. The maximum absolute atomic E-state index is 9.69. The van der Waals surface area contributed by atoms with Crippen LogP contribution < -0.4 is 0 Å². The van der Waals surface area contributed by atoms with Crippen LogP contribution >= 0.6 is 0 Å². The molecule has 4 heteroatoms. The van der Waals surface area contributed by atoms with Crippen LogP contribution in [0.15, 0.2) is 0 Å². The summed E-state index contributed by atoms with van der Waals surface area (Å²) in [4.78, 5) is 0. The second-order valence-electron chi connectivity index (χ2n) is 5.06. The largest absolute Gasteiger partial charge is 0.388 e. The van der Waals surface area contributed by atoms with Crippen molar-refractivity contribution in [2.75, 3.05) is 13.2 Å². The first-order valence-electron chi connectivity index (χ1n) is 5.61. The molecule has 4 nitrogen and oxygen atoms in total. The fourth-order valence-corrected chi connectivity index (χ4v) is 2.39. The molecule has 0 amide bonds. The average molecular weight is 216 g/mol. The van der Waals surface area contributed by atoms with E-state index in [0.717, 1.165) is 6.42 Å². The van der Waals surface area contributed by atoms with Crippen LogP contribution in [0.1, 0.15) is 27.2 Å². The van der Waals surface area contributed by atoms with Crippen molar-refractivity contribution >= 4 is 0 Å². The topological polar surface area (TPSA) is 47.9 Å². The smallest absolute Gasteiger partial charge is 0.166 e. The third kappa shape index (κ3) is 2.33. The van der Waals surface area contributed by atoms with Crippen molar-refractivity contribution in [3.8, 4) is 0 Å². The maximum Gasteiger partial charge on any atom is 0.166 e. The molecule has 4 atom stereocenters. The Morgan fingerprint density at radius 1 is 1.40 bits per heavy atom. The molecule has 0 saturated carbocycles. The van der Waals surface area contributed by atoms with Gasteiger partial charge in [-0.05, 0) is 12.8 Å². The first-order valence-corrected chi connectivity index (χ1v) is 5.61. The van der Waals surface area contributed by atoms with Crippen LogP contribution in [0.25, 0.3) is 0 Å². The SMILES string of the molecule is CC(C)CC1(C)OCC2OCC(O)C2O1. The summed E-state index contributed by atoms with van der Waals surface area (Å²) in [5.41, 5.74) is 0. The highest BCUT2D eigenvalue weighted by Gasteiger charge is 2.47. The Labute approximate surface area is 90.5 Å². The average Bonchev–Trinajstić information content (AvgIpc) is 2.46. The fourth-order valence-electron chi connectivity index (χ4n) is 2.39. The molecule has 0 radical (unpaired) electrons. The molecule has 0 aromatic heterocycles. The van der Waals surface area contributed by atoms with Crippen LogP contribution in [0.5, 0.6) is 0 Å². The van der Waals surface area contributed by atoms with Gasteiger partial charge in [-0.3, -0.25) is 0 Å². The summed E-state index contributed by atoms with van der Waals surface area (Å²) in [6, 6.07) is 0. The Morgan fingerprint density at radius 3 is 2.80 bits per heavy atom. The lowest BCUT2D eigenvalue weighted by Gasteiger charge is -2.41. The van der Waals surface area contributed by atoms with Gasteiger partial charge in [0.05, 0.1) is 13.2 Å². The van der Waals surface area contributed by atoms with Crippen LogP contribution in [-0.4, -0.2) is 42.4 Å². The van der Waals surface area contributed by atoms with Gasteiger partial charge in [0.2, 0.25) is 0 Å². The Bertz CT molecular complexity index is 231. The molecule has 2 aliphatic heterocycles. The summed E-state index contributed by atoms with van der Waals surface area (Å²) in [6.07, 6.45) is 0.0104.